The van der Waals surface area contributed by atoms with Gasteiger partial charge in [-0.05, 0) is 38.5 Å². The molecule has 1 aliphatic rings. The van der Waals surface area contributed by atoms with E-state index in [1.807, 2.05) is 6.92 Å². The van der Waals surface area contributed by atoms with Crippen molar-refractivity contribution >= 4 is 29.5 Å². The summed E-state index contributed by atoms with van der Waals surface area (Å²) in [6, 6.07) is -0.309. The molecular formula is C16H31N3O4S. The molecule has 2 amide bonds. The second kappa shape index (κ2) is 14.1. The Bertz CT molecular complexity index is 394. The highest BCUT2D eigenvalue weighted by Gasteiger charge is 2.33. The third-order valence-electron chi connectivity index (χ3n) is 3.56. The second-order valence-electron chi connectivity index (χ2n) is 5.40. The van der Waals surface area contributed by atoms with Crippen LogP contribution >= 0.6 is 11.8 Å². The van der Waals surface area contributed by atoms with Crippen LogP contribution < -0.4 is 11.1 Å². The van der Waals surface area contributed by atoms with E-state index in [0.29, 0.717) is 31.7 Å². The number of aliphatic carboxylic acids is 1. The van der Waals surface area contributed by atoms with E-state index in [1.54, 1.807) is 16.7 Å². The molecule has 0 aliphatic carbocycles. The van der Waals surface area contributed by atoms with Crippen molar-refractivity contribution in [3.8, 4) is 0 Å². The molecule has 0 aromatic rings. The normalized spacial score (nSPS) is 16.3. The Morgan fingerprint density at radius 3 is 2.58 bits per heavy atom. The van der Waals surface area contributed by atoms with Gasteiger partial charge in [0.2, 0.25) is 11.8 Å². The number of rotatable bonds is 10. The lowest BCUT2D eigenvalue weighted by molar-refractivity contribution is -0.138. The van der Waals surface area contributed by atoms with Crippen molar-refractivity contribution in [2.75, 3.05) is 31.6 Å². The van der Waals surface area contributed by atoms with Crippen LogP contribution in [0.2, 0.25) is 0 Å². The topological polar surface area (TPSA) is 113 Å². The Labute approximate surface area is 148 Å². The Kier molecular flexibility index (Phi) is 13.3. The van der Waals surface area contributed by atoms with Crippen molar-refractivity contribution in [3.05, 3.63) is 0 Å². The molecular weight excluding hydrogens is 330 g/mol. The predicted molar refractivity (Wildman–Crippen MR) is 97.0 cm³/mol. The standard InChI is InChI=1S/C15H26N2O4S.CH5N/c1-2-8-16-15(21)12-5-3-9-17(12)13(18)7-11-22-10-4-6-14(19)20;1-2/h12H,2-11H2,1H3,(H,16,21)(H,19,20);2H2,1H3. The molecule has 0 radical (unpaired) electrons. The summed E-state index contributed by atoms with van der Waals surface area (Å²) in [5, 5.41) is 11.4. The summed E-state index contributed by atoms with van der Waals surface area (Å²) in [5.74, 6) is 0.634. The van der Waals surface area contributed by atoms with Crippen LogP contribution in [-0.2, 0) is 14.4 Å². The molecule has 1 atom stereocenters. The molecule has 1 unspecified atom stereocenters. The van der Waals surface area contributed by atoms with Crippen LogP contribution in [0.15, 0.2) is 0 Å². The smallest absolute Gasteiger partial charge is 0.303 e. The Morgan fingerprint density at radius 1 is 1.25 bits per heavy atom. The fourth-order valence-electron chi connectivity index (χ4n) is 2.43. The van der Waals surface area contributed by atoms with Gasteiger partial charge in [0.15, 0.2) is 0 Å². The van der Waals surface area contributed by atoms with Crippen LogP contribution in [0, 0.1) is 0 Å². The van der Waals surface area contributed by atoms with Crippen LogP contribution in [-0.4, -0.2) is 65.5 Å². The molecule has 7 nitrogen and oxygen atoms in total. The Balaban J connectivity index is 0.00000254. The molecule has 1 aliphatic heterocycles. The van der Waals surface area contributed by atoms with Crippen molar-refractivity contribution in [1.29, 1.82) is 0 Å². The number of carbonyl (C=O) groups excluding carboxylic acids is 2. The first-order valence-corrected chi connectivity index (χ1v) is 9.66. The first-order valence-electron chi connectivity index (χ1n) is 8.50. The summed E-state index contributed by atoms with van der Waals surface area (Å²) in [4.78, 5) is 36.3. The molecule has 1 heterocycles. The van der Waals surface area contributed by atoms with Crippen molar-refractivity contribution < 1.29 is 19.5 Å². The van der Waals surface area contributed by atoms with Gasteiger partial charge in [0.1, 0.15) is 6.04 Å². The molecule has 0 aromatic carbocycles. The van der Waals surface area contributed by atoms with Crippen LogP contribution in [0.25, 0.3) is 0 Å². The average molecular weight is 362 g/mol. The number of nitrogens with zero attached hydrogens (tertiary/aromatic N) is 1. The van der Waals surface area contributed by atoms with E-state index in [1.165, 1.54) is 7.05 Å². The highest BCUT2D eigenvalue weighted by Crippen LogP contribution is 2.19. The maximum Gasteiger partial charge on any atom is 0.303 e. The van der Waals surface area contributed by atoms with E-state index >= 15 is 0 Å². The van der Waals surface area contributed by atoms with Crippen LogP contribution in [0.4, 0.5) is 0 Å². The largest absolute Gasteiger partial charge is 0.481 e. The molecule has 4 N–H and O–H groups in total. The van der Waals surface area contributed by atoms with Gasteiger partial charge in [-0.1, -0.05) is 6.92 Å². The lowest BCUT2D eigenvalue weighted by atomic mass is 10.2. The second-order valence-corrected chi connectivity index (χ2v) is 6.62. The van der Waals surface area contributed by atoms with Crippen LogP contribution in [0.5, 0.6) is 0 Å². The maximum absolute atomic E-state index is 12.2. The number of carboxylic acids is 1. The predicted octanol–water partition coefficient (Wildman–Crippen LogP) is 1.07. The van der Waals surface area contributed by atoms with Crippen LogP contribution in [0.1, 0.15) is 45.4 Å². The van der Waals surface area contributed by atoms with Crippen LogP contribution in [0.3, 0.4) is 0 Å². The monoisotopic (exact) mass is 361 g/mol. The summed E-state index contributed by atoms with van der Waals surface area (Å²) < 4.78 is 0. The summed E-state index contributed by atoms with van der Waals surface area (Å²) >= 11 is 1.59. The van der Waals surface area contributed by atoms with E-state index in [0.717, 1.165) is 25.0 Å². The number of nitrogens with two attached hydrogens (primary N) is 1. The van der Waals surface area contributed by atoms with Gasteiger partial charge in [-0.15, -0.1) is 0 Å². The van der Waals surface area contributed by atoms with E-state index in [2.05, 4.69) is 11.1 Å². The summed E-state index contributed by atoms with van der Waals surface area (Å²) in [6.45, 7) is 3.31. The van der Waals surface area contributed by atoms with Gasteiger partial charge >= 0.3 is 5.97 Å². The minimum absolute atomic E-state index is 0.0277. The molecule has 8 heteroatoms. The van der Waals surface area contributed by atoms with E-state index < -0.39 is 5.97 Å². The molecule has 140 valence electrons. The number of thioether (sulfide) groups is 1. The minimum Gasteiger partial charge on any atom is -0.481 e. The van der Waals surface area contributed by atoms with Crippen molar-refractivity contribution in [3.63, 3.8) is 0 Å². The number of amides is 2. The van der Waals surface area contributed by atoms with Crippen molar-refractivity contribution in [1.82, 2.24) is 10.2 Å². The highest BCUT2D eigenvalue weighted by atomic mass is 32.2. The Hall–Kier alpha value is -1.28. The zero-order chi connectivity index (χ0) is 18.4. The first kappa shape index (κ1) is 22.7. The zero-order valence-electron chi connectivity index (χ0n) is 14.8. The van der Waals surface area contributed by atoms with Gasteiger partial charge < -0.3 is 21.1 Å². The molecule has 24 heavy (non-hydrogen) atoms. The maximum atomic E-state index is 12.2. The number of carbonyl (C=O) groups is 3. The Morgan fingerprint density at radius 2 is 1.96 bits per heavy atom. The van der Waals surface area contributed by atoms with Gasteiger partial charge in [0.25, 0.3) is 0 Å². The number of hydrogen-bond donors (Lipinski definition) is 3. The first-order chi connectivity index (χ1) is 11.6. The molecule has 0 aromatic heterocycles. The van der Waals surface area contributed by atoms with Gasteiger partial charge in [-0.2, -0.15) is 11.8 Å². The molecule has 0 bridgehead atoms. The van der Waals surface area contributed by atoms with E-state index in [9.17, 15) is 14.4 Å². The minimum atomic E-state index is -0.783. The average Bonchev–Trinajstić information content (AvgIpc) is 3.07. The molecule has 1 rings (SSSR count). The SMILES string of the molecule is CCCNC(=O)C1CCCN1C(=O)CCSCCCC(=O)O.CN. The summed E-state index contributed by atoms with van der Waals surface area (Å²) in [6.07, 6.45) is 3.72. The fourth-order valence-corrected chi connectivity index (χ4v) is 3.31. The fraction of sp³-hybridized carbons (Fsp3) is 0.812. The van der Waals surface area contributed by atoms with E-state index in [4.69, 9.17) is 5.11 Å². The lowest BCUT2D eigenvalue weighted by Gasteiger charge is -2.24. The number of nitrogens with one attached hydrogen (secondary N) is 1. The van der Waals surface area contributed by atoms with Crippen molar-refractivity contribution in [2.24, 2.45) is 5.73 Å². The molecule has 0 saturated carbocycles. The van der Waals surface area contributed by atoms with Gasteiger partial charge in [-0.3, -0.25) is 14.4 Å². The lowest BCUT2D eigenvalue weighted by Crippen LogP contribution is -2.46. The third-order valence-corrected chi connectivity index (χ3v) is 4.63. The van der Waals surface area contributed by atoms with E-state index in [-0.39, 0.29) is 24.3 Å². The molecule has 0 spiro atoms. The van der Waals surface area contributed by atoms with Gasteiger partial charge in [-0.25, -0.2) is 0 Å². The van der Waals surface area contributed by atoms with Crippen molar-refractivity contribution in [2.45, 2.75) is 51.5 Å². The number of carboxylic acid groups (broad SMARTS) is 1. The quantitative estimate of drug-likeness (QED) is 0.502. The molecule has 1 fully saturated rings. The van der Waals surface area contributed by atoms with Gasteiger partial charge in [0.05, 0.1) is 0 Å². The zero-order valence-corrected chi connectivity index (χ0v) is 15.6. The number of likely N-dealkylation sites (tertiary alicyclic amines) is 1. The molecule has 1 saturated heterocycles. The summed E-state index contributed by atoms with van der Waals surface area (Å²) in [7, 11) is 1.50. The van der Waals surface area contributed by atoms with Gasteiger partial charge in [0, 0.05) is 31.7 Å². The number of hydrogen-bond acceptors (Lipinski definition) is 5. The highest BCUT2D eigenvalue weighted by molar-refractivity contribution is 7.99. The summed E-state index contributed by atoms with van der Waals surface area (Å²) in [5.41, 5.74) is 4.50. The third kappa shape index (κ3) is 9.12.